The molecule has 0 radical (unpaired) electrons. The second-order valence-electron chi connectivity index (χ2n) is 3.62. The molecule has 11 heavy (non-hydrogen) atoms. The number of rotatable bonds is 0. The maximum absolute atomic E-state index is 5.69. The molecule has 0 aromatic rings. The molecule has 2 aliphatic heterocycles. The van der Waals surface area contributed by atoms with Gasteiger partial charge in [0.2, 0.25) is 0 Å². The van der Waals surface area contributed by atoms with Crippen molar-refractivity contribution in [3.63, 3.8) is 0 Å². The van der Waals surface area contributed by atoms with Crippen LogP contribution < -0.4 is 0 Å². The van der Waals surface area contributed by atoms with E-state index in [9.17, 15) is 0 Å². The van der Waals surface area contributed by atoms with Crippen molar-refractivity contribution in [2.24, 2.45) is 5.92 Å². The molecule has 4 rings (SSSR count). The highest BCUT2D eigenvalue weighted by Crippen LogP contribution is 2.74. The van der Waals surface area contributed by atoms with Crippen molar-refractivity contribution < 1.29 is 13.6 Å². The van der Waals surface area contributed by atoms with Crippen molar-refractivity contribution >= 4 is 8.60 Å². The van der Waals surface area contributed by atoms with Gasteiger partial charge in [-0.3, -0.25) is 4.52 Å². The van der Waals surface area contributed by atoms with Crippen molar-refractivity contribution in [1.82, 2.24) is 0 Å². The summed E-state index contributed by atoms with van der Waals surface area (Å²) in [6, 6.07) is 0. The maximum Gasteiger partial charge on any atom is 0.463 e. The highest BCUT2D eigenvalue weighted by Gasteiger charge is 2.66. The van der Waals surface area contributed by atoms with E-state index in [-0.39, 0.29) is 5.60 Å². The van der Waals surface area contributed by atoms with E-state index in [0.717, 1.165) is 24.4 Å². The first-order valence-corrected chi connectivity index (χ1v) is 5.07. The highest BCUT2D eigenvalue weighted by molar-refractivity contribution is 7.42. The van der Waals surface area contributed by atoms with Gasteiger partial charge in [-0.2, -0.15) is 0 Å². The van der Waals surface area contributed by atoms with Crippen molar-refractivity contribution in [2.75, 3.05) is 0 Å². The topological polar surface area (TPSA) is 27.7 Å². The Labute approximate surface area is 65.3 Å². The number of hydrogen-bond acceptors (Lipinski definition) is 3. The lowest BCUT2D eigenvalue weighted by Gasteiger charge is -2.21. The standard InChI is InChI=1S/C7H7O3P/c1-2-7-3-4(1)5-6(7)9-11(8-5)10-7/h4H,1-3H2. The third kappa shape index (κ3) is 0.408. The zero-order valence-corrected chi connectivity index (χ0v) is 6.77. The van der Waals surface area contributed by atoms with E-state index in [1.807, 2.05) is 0 Å². The third-order valence-corrected chi connectivity index (χ3v) is 4.25. The molecule has 1 saturated carbocycles. The Kier molecular flexibility index (Phi) is 0.645. The Balaban J connectivity index is 2.04. The van der Waals surface area contributed by atoms with Crippen LogP contribution in [0.2, 0.25) is 0 Å². The van der Waals surface area contributed by atoms with E-state index in [4.69, 9.17) is 13.6 Å². The Bertz CT molecular complexity index is 285. The van der Waals surface area contributed by atoms with Crippen molar-refractivity contribution in [2.45, 2.75) is 24.9 Å². The van der Waals surface area contributed by atoms with Gasteiger partial charge in [0.1, 0.15) is 5.60 Å². The molecule has 1 spiro atoms. The largest absolute Gasteiger partial charge is 0.463 e. The van der Waals surface area contributed by atoms with Gasteiger partial charge in [0, 0.05) is 5.92 Å². The molecule has 2 fully saturated rings. The zero-order valence-electron chi connectivity index (χ0n) is 5.87. The second kappa shape index (κ2) is 1.32. The molecule has 3 atom stereocenters. The first-order valence-electron chi connectivity index (χ1n) is 3.97. The molecule has 4 aliphatic rings. The molecule has 0 aromatic heterocycles. The lowest BCUT2D eigenvalue weighted by atomic mass is 10.0. The normalized spacial score (nSPS) is 55.3. The molecule has 3 nitrogen and oxygen atoms in total. The van der Waals surface area contributed by atoms with Crippen LogP contribution in [-0.2, 0) is 13.6 Å². The van der Waals surface area contributed by atoms with Gasteiger partial charge in [-0.25, -0.2) is 0 Å². The van der Waals surface area contributed by atoms with Crippen molar-refractivity contribution in [3.05, 3.63) is 11.5 Å². The molecular formula is C7H7O3P. The van der Waals surface area contributed by atoms with E-state index in [0.29, 0.717) is 5.92 Å². The van der Waals surface area contributed by atoms with E-state index < -0.39 is 8.60 Å². The van der Waals surface area contributed by atoms with Crippen LogP contribution in [0.15, 0.2) is 11.5 Å². The van der Waals surface area contributed by atoms with E-state index in [2.05, 4.69) is 0 Å². The maximum atomic E-state index is 5.69. The molecule has 4 heteroatoms. The first-order chi connectivity index (χ1) is 5.37. The van der Waals surface area contributed by atoms with Gasteiger partial charge < -0.3 is 9.05 Å². The fraction of sp³-hybridized carbons (Fsp3) is 0.714. The molecule has 0 aromatic carbocycles. The van der Waals surface area contributed by atoms with Gasteiger partial charge in [0.15, 0.2) is 11.5 Å². The zero-order chi connectivity index (χ0) is 7.05. The molecule has 2 aliphatic carbocycles. The Morgan fingerprint density at radius 3 is 3.18 bits per heavy atom. The van der Waals surface area contributed by atoms with Gasteiger partial charge >= 0.3 is 8.60 Å². The number of fused-ring (bicyclic) bond motifs is 3. The lowest BCUT2D eigenvalue weighted by Crippen LogP contribution is -2.24. The summed E-state index contributed by atoms with van der Waals surface area (Å²) in [5.74, 6) is 2.81. The Morgan fingerprint density at radius 2 is 2.45 bits per heavy atom. The van der Waals surface area contributed by atoms with Crippen LogP contribution in [0.25, 0.3) is 0 Å². The van der Waals surface area contributed by atoms with Crippen molar-refractivity contribution in [3.8, 4) is 0 Å². The summed E-state index contributed by atoms with van der Waals surface area (Å²) < 4.78 is 16.7. The van der Waals surface area contributed by atoms with E-state index in [1.54, 1.807) is 0 Å². The van der Waals surface area contributed by atoms with Crippen LogP contribution in [0, 0.1) is 5.92 Å². The van der Waals surface area contributed by atoms with E-state index >= 15 is 0 Å². The predicted octanol–water partition coefficient (Wildman–Crippen LogP) is 2.05. The van der Waals surface area contributed by atoms with E-state index in [1.165, 1.54) is 6.42 Å². The summed E-state index contributed by atoms with van der Waals surface area (Å²) in [5.41, 5.74) is 0.00392. The summed E-state index contributed by atoms with van der Waals surface area (Å²) in [4.78, 5) is 0. The molecule has 2 heterocycles. The van der Waals surface area contributed by atoms with Crippen molar-refractivity contribution in [1.29, 1.82) is 0 Å². The average Bonchev–Trinajstić information content (AvgIpc) is 2.57. The third-order valence-electron chi connectivity index (χ3n) is 3.07. The Morgan fingerprint density at radius 1 is 1.45 bits per heavy atom. The fourth-order valence-electron chi connectivity index (χ4n) is 2.57. The SMILES string of the molecule is C1CC23CC1C1=C2OP(O1)O3. The Hall–Kier alpha value is -0.270. The summed E-state index contributed by atoms with van der Waals surface area (Å²) in [6.45, 7) is 0. The molecule has 4 bridgehead atoms. The van der Waals surface area contributed by atoms with Crippen LogP contribution in [0.5, 0.6) is 0 Å². The molecule has 3 unspecified atom stereocenters. The lowest BCUT2D eigenvalue weighted by molar-refractivity contribution is 0.126. The van der Waals surface area contributed by atoms with Gasteiger partial charge in [-0.1, -0.05) is 0 Å². The van der Waals surface area contributed by atoms with Crippen LogP contribution in [0.1, 0.15) is 19.3 Å². The fourth-order valence-corrected chi connectivity index (χ4v) is 4.02. The van der Waals surface area contributed by atoms with Gasteiger partial charge in [0.25, 0.3) is 0 Å². The smallest absolute Gasteiger partial charge is 0.418 e. The monoisotopic (exact) mass is 170 g/mol. The van der Waals surface area contributed by atoms with Crippen LogP contribution in [-0.4, -0.2) is 5.60 Å². The van der Waals surface area contributed by atoms with Gasteiger partial charge in [0.05, 0.1) is 0 Å². The molecular weight excluding hydrogens is 163 g/mol. The second-order valence-corrected chi connectivity index (χ2v) is 4.62. The quantitative estimate of drug-likeness (QED) is 0.520. The van der Waals surface area contributed by atoms with Gasteiger partial charge in [-0.05, 0) is 19.3 Å². The number of allylic oxidation sites excluding steroid dienone is 1. The first kappa shape index (κ1) is 5.39. The predicted molar refractivity (Wildman–Crippen MR) is 37.3 cm³/mol. The number of hydrogen-bond donors (Lipinski definition) is 0. The van der Waals surface area contributed by atoms with Crippen LogP contribution in [0.4, 0.5) is 0 Å². The minimum Gasteiger partial charge on any atom is -0.418 e. The van der Waals surface area contributed by atoms with Crippen LogP contribution >= 0.6 is 8.60 Å². The highest BCUT2D eigenvalue weighted by atomic mass is 31.2. The minimum atomic E-state index is -0.983. The summed E-state index contributed by atoms with van der Waals surface area (Å²) in [5, 5.41) is 0. The summed E-state index contributed by atoms with van der Waals surface area (Å²) in [6.07, 6.45) is 3.50. The molecule has 0 N–H and O–H groups in total. The summed E-state index contributed by atoms with van der Waals surface area (Å²) >= 11 is 0. The van der Waals surface area contributed by atoms with Crippen LogP contribution in [0.3, 0.4) is 0 Å². The minimum absolute atomic E-state index is 0.00392. The molecule has 0 amide bonds. The average molecular weight is 170 g/mol. The molecule has 58 valence electrons. The van der Waals surface area contributed by atoms with Gasteiger partial charge in [-0.15, -0.1) is 0 Å². The molecule has 1 saturated heterocycles. The summed E-state index contributed by atoms with van der Waals surface area (Å²) in [7, 11) is -0.983.